The van der Waals surface area contributed by atoms with E-state index in [1.54, 1.807) is 0 Å². The van der Waals surface area contributed by atoms with Gasteiger partial charge in [-0.1, -0.05) is 39.8 Å². The highest BCUT2D eigenvalue weighted by Crippen LogP contribution is 2.19. The Bertz CT molecular complexity index is 366. The molecule has 0 fully saturated rings. The summed E-state index contributed by atoms with van der Waals surface area (Å²) in [5.41, 5.74) is 1.36. The zero-order chi connectivity index (χ0) is 14.8. The lowest BCUT2D eigenvalue weighted by atomic mass is 10.2. The van der Waals surface area contributed by atoms with Crippen LogP contribution in [0.4, 0.5) is 0 Å². The first-order valence-electron chi connectivity index (χ1n) is 7.58. The molecule has 1 rings (SSSR count). The van der Waals surface area contributed by atoms with Crippen molar-refractivity contribution in [3.8, 4) is 0 Å². The predicted octanol–water partition coefficient (Wildman–Crippen LogP) is 4.20. The van der Waals surface area contributed by atoms with Crippen LogP contribution in [0.25, 0.3) is 0 Å². The summed E-state index contributed by atoms with van der Waals surface area (Å²) < 4.78 is 5.61. The maximum atomic E-state index is 5.61. The van der Waals surface area contributed by atoms with Gasteiger partial charge in [-0.25, -0.2) is 0 Å². The molecular weight excluding hydrogens is 266 g/mol. The van der Waals surface area contributed by atoms with Crippen molar-refractivity contribution in [1.82, 2.24) is 5.32 Å². The zero-order valence-electron chi connectivity index (χ0n) is 13.3. The van der Waals surface area contributed by atoms with Crippen LogP contribution in [0.1, 0.15) is 33.3 Å². The summed E-state index contributed by atoms with van der Waals surface area (Å²) in [5.74, 6) is 2.34. The lowest BCUT2D eigenvalue weighted by Gasteiger charge is -2.09. The molecule has 0 saturated heterocycles. The highest BCUT2D eigenvalue weighted by atomic mass is 32.2. The lowest BCUT2D eigenvalue weighted by Crippen LogP contribution is -2.18. The van der Waals surface area contributed by atoms with Gasteiger partial charge in [0.25, 0.3) is 0 Å². The molecule has 1 N–H and O–H groups in total. The first-order valence-corrected chi connectivity index (χ1v) is 8.56. The van der Waals surface area contributed by atoms with E-state index in [0.717, 1.165) is 32.1 Å². The van der Waals surface area contributed by atoms with Gasteiger partial charge in [0.15, 0.2) is 0 Å². The molecule has 0 spiro atoms. The van der Waals surface area contributed by atoms with Crippen LogP contribution in [-0.4, -0.2) is 25.5 Å². The van der Waals surface area contributed by atoms with Crippen LogP contribution in [0, 0.1) is 11.8 Å². The molecule has 1 aromatic carbocycles. The highest BCUT2D eigenvalue weighted by molar-refractivity contribution is 7.99. The third kappa shape index (κ3) is 8.62. The fourth-order valence-electron chi connectivity index (χ4n) is 1.79. The Morgan fingerprint density at radius 1 is 1.15 bits per heavy atom. The number of benzene rings is 1. The van der Waals surface area contributed by atoms with Crippen molar-refractivity contribution in [2.75, 3.05) is 25.5 Å². The molecule has 1 aromatic rings. The largest absolute Gasteiger partial charge is 0.380 e. The number of rotatable bonds is 10. The Labute approximate surface area is 128 Å². The molecule has 2 nitrogen and oxygen atoms in total. The first-order chi connectivity index (χ1) is 9.58. The Hall–Kier alpha value is -0.510. The van der Waals surface area contributed by atoms with Gasteiger partial charge in [0.2, 0.25) is 0 Å². The summed E-state index contributed by atoms with van der Waals surface area (Å²) in [6, 6.07) is 8.79. The van der Waals surface area contributed by atoms with Crippen molar-refractivity contribution < 1.29 is 4.74 Å². The Morgan fingerprint density at radius 3 is 2.65 bits per heavy atom. The molecule has 0 aliphatic rings. The van der Waals surface area contributed by atoms with Crippen LogP contribution < -0.4 is 5.32 Å². The number of nitrogens with one attached hydrogen (secondary N) is 1. The number of ether oxygens (including phenoxy) is 1. The summed E-state index contributed by atoms with van der Waals surface area (Å²) in [5, 5.41) is 3.48. The van der Waals surface area contributed by atoms with E-state index in [9.17, 15) is 0 Å². The fourth-order valence-corrected chi connectivity index (χ4v) is 2.63. The highest BCUT2D eigenvalue weighted by Gasteiger charge is 1.99. The van der Waals surface area contributed by atoms with Crippen molar-refractivity contribution in [1.29, 1.82) is 0 Å². The standard InChI is InChI=1S/C17H29NOS/c1-14(2)11-18-12-16-6-5-7-17(10-16)20-9-8-19-13-15(3)4/h5-7,10,14-15,18H,8-9,11-13H2,1-4H3. The van der Waals surface area contributed by atoms with Gasteiger partial charge in [0.1, 0.15) is 0 Å². The second kappa shape index (κ2) is 10.3. The van der Waals surface area contributed by atoms with Crippen LogP contribution in [0.3, 0.4) is 0 Å². The third-order valence-electron chi connectivity index (χ3n) is 2.73. The molecule has 114 valence electrons. The minimum atomic E-state index is 0.621. The smallest absolute Gasteiger partial charge is 0.0560 e. The first kappa shape index (κ1) is 17.5. The van der Waals surface area contributed by atoms with E-state index in [4.69, 9.17) is 4.74 Å². The number of hydrogen-bond acceptors (Lipinski definition) is 3. The maximum Gasteiger partial charge on any atom is 0.0560 e. The molecule has 0 aliphatic heterocycles. The summed E-state index contributed by atoms with van der Waals surface area (Å²) >= 11 is 1.87. The second-order valence-electron chi connectivity index (χ2n) is 5.99. The molecule has 0 bridgehead atoms. The molecule has 0 saturated carbocycles. The van der Waals surface area contributed by atoms with Gasteiger partial charge >= 0.3 is 0 Å². The van der Waals surface area contributed by atoms with E-state index in [0.29, 0.717) is 11.8 Å². The Morgan fingerprint density at radius 2 is 1.95 bits per heavy atom. The second-order valence-corrected chi connectivity index (χ2v) is 7.16. The average Bonchev–Trinajstić information content (AvgIpc) is 2.38. The normalized spacial score (nSPS) is 11.5. The monoisotopic (exact) mass is 295 g/mol. The van der Waals surface area contributed by atoms with Crippen molar-refractivity contribution in [2.24, 2.45) is 11.8 Å². The van der Waals surface area contributed by atoms with Gasteiger partial charge < -0.3 is 10.1 Å². The van der Waals surface area contributed by atoms with E-state index >= 15 is 0 Å². The molecule has 0 aliphatic carbocycles. The van der Waals surface area contributed by atoms with Gasteiger partial charge in [-0.2, -0.15) is 0 Å². The quantitative estimate of drug-likeness (QED) is 0.516. The molecule has 0 atom stereocenters. The topological polar surface area (TPSA) is 21.3 Å². The zero-order valence-corrected chi connectivity index (χ0v) is 14.1. The minimum absolute atomic E-state index is 0.621. The fraction of sp³-hybridized carbons (Fsp3) is 0.647. The molecule has 0 unspecified atom stereocenters. The van der Waals surface area contributed by atoms with Crippen LogP contribution in [-0.2, 0) is 11.3 Å². The van der Waals surface area contributed by atoms with Crippen LogP contribution in [0.5, 0.6) is 0 Å². The lowest BCUT2D eigenvalue weighted by molar-refractivity contribution is 0.124. The van der Waals surface area contributed by atoms with Gasteiger partial charge in [-0.3, -0.25) is 0 Å². The van der Waals surface area contributed by atoms with Gasteiger partial charge in [0, 0.05) is 23.8 Å². The minimum Gasteiger partial charge on any atom is -0.380 e. The summed E-state index contributed by atoms with van der Waals surface area (Å²) in [6.45, 7) is 12.5. The van der Waals surface area contributed by atoms with E-state index in [-0.39, 0.29) is 0 Å². The molecule has 0 heterocycles. The molecule has 0 aromatic heterocycles. The summed E-state index contributed by atoms with van der Waals surface area (Å²) in [6.07, 6.45) is 0. The molecule has 0 amide bonds. The maximum absolute atomic E-state index is 5.61. The van der Waals surface area contributed by atoms with E-state index < -0.39 is 0 Å². The van der Waals surface area contributed by atoms with Crippen LogP contribution in [0.15, 0.2) is 29.2 Å². The summed E-state index contributed by atoms with van der Waals surface area (Å²) in [4.78, 5) is 1.34. The molecule has 3 heteroatoms. The van der Waals surface area contributed by atoms with Crippen molar-refractivity contribution >= 4 is 11.8 Å². The van der Waals surface area contributed by atoms with Gasteiger partial charge in [0.05, 0.1) is 6.61 Å². The van der Waals surface area contributed by atoms with Gasteiger partial charge in [-0.05, 0) is 36.1 Å². The van der Waals surface area contributed by atoms with Crippen LogP contribution >= 0.6 is 11.8 Å². The Balaban J connectivity index is 2.25. The SMILES string of the molecule is CC(C)CNCc1cccc(SCCOCC(C)C)c1. The van der Waals surface area contributed by atoms with Crippen molar-refractivity contribution in [3.05, 3.63) is 29.8 Å². The van der Waals surface area contributed by atoms with E-state index in [1.165, 1.54) is 10.5 Å². The predicted molar refractivity (Wildman–Crippen MR) is 89.4 cm³/mol. The third-order valence-corrected chi connectivity index (χ3v) is 3.69. The van der Waals surface area contributed by atoms with Crippen molar-refractivity contribution in [3.63, 3.8) is 0 Å². The van der Waals surface area contributed by atoms with E-state index in [1.807, 2.05) is 11.8 Å². The average molecular weight is 295 g/mol. The van der Waals surface area contributed by atoms with Crippen molar-refractivity contribution in [2.45, 2.75) is 39.1 Å². The summed E-state index contributed by atoms with van der Waals surface area (Å²) in [7, 11) is 0. The van der Waals surface area contributed by atoms with E-state index in [2.05, 4.69) is 57.3 Å². The number of hydrogen-bond donors (Lipinski definition) is 1. The van der Waals surface area contributed by atoms with Gasteiger partial charge in [-0.15, -0.1) is 11.8 Å². The number of thioether (sulfide) groups is 1. The molecule has 20 heavy (non-hydrogen) atoms. The van der Waals surface area contributed by atoms with Crippen LogP contribution in [0.2, 0.25) is 0 Å². The molecule has 0 radical (unpaired) electrons. The molecular formula is C17H29NOS. The Kier molecular flexibility index (Phi) is 8.99.